The number of carbonyl (C=O) groups excluding carboxylic acids is 1. The molecule has 27 heavy (non-hydrogen) atoms. The van der Waals surface area contributed by atoms with Crippen molar-refractivity contribution in [1.82, 2.24) is 9.73 Å². The molecule has 2 N–H and O–H groups in total. The van der Waals surface area contributed by atoms with Crippen molar-refractivity contribution in [1.29, 1.82) is 0 Å². The van der Waals surface area contributed by atoms with E-state index in [9.17, 15) is 18.3 Å². The Morgan fingerprint density at radius 1 is 1.37 bits per heavy atom. The largest absolute Gasteiger partial charge is 0.504 e. The minimum Gasteiger partial charge on any atom is -0.504 e. The van der Waals surface area contributed by atoms with E-state index >= 15 is 0 Å². The number of nitrogens with one attached hydrogen (secondary N) is 1. The first-order chi connectivity index (χ1) is 12.8. The van der Waals surface area contributed by atoms with Crippen molar-refractivity contribution in [2.24, 2.45) is 5.10 Å². The molecular formula is C18H27N3O5S. The predicted molar refractivity (Wildman–Crippen MR) is 103 cm³/mol. The Kier molecular flexibility index (Phi) is 7.61. The third-order valence-corrected chi connectivity index (χ3v) is 5.71. The Balaban J connectivity index is 1.99. The number of ether oxygens (including phenoxy) is 1. The number of sulfonamides is 1. The molecule has 2 rings (SSSR count). The van der Waals surface area contributed by atoms with Crippen LogP contribution in [0.2, 0.25) is 0 Å². The van der Waals surface area contributed by atoms with Gasteiger partial charge in [-0.15, -0.1) is 0 Å². The number of hydrazone groups is 1. The second-order valence-electron chi connectivity index (χ2n) is 6.52. The van der Waals surface area contributed by atoms with E-state index < -0.39 is 15.9 Å². The summed E-state index contributed by atoms with van der Waals surface area (Å²) in [5.41, 5.74) is 2.71. The lowest BCUT2D eigenvalue weighted by Gasteiger charge is -2.31. The van der Waals surface area contributed by atoms with E-state index in [1.165, 1.54) is 10.5 Å². The van der Waals surface area contributed by atoms with Gasteiger partial charge in [0.15, 0.2) is 11.5 Å². The number of hydrogen-bond donors (Lipinski definition) is 2. The van der Waals surface area contributed by atoms with E-state index in [-0.39, 0.29) is 18.3 Å². The number of rotatable bonds is 8. The average Bonchev–Trinajstić information content (AvgIpc) is 2.63. The maximum Gasteiger partial charge on any atom is 0.255 e. The molecule has 1 amide bonds. The third-order valence-electron chi connectivity index (χ3n) is 4.43. The minimum atomic E-state index is -3.49. The van der Waals surface area contributed by atoms with Gasteiger partial charge in [-0.1, -0.05) is 25.3 Å². The number of nitrogens with zero attached hydrogens (tertiary/aromatic N) is 2. The summed E-state index contributed by atoms with van der Waals surface area (Å²) in [5, 5.41) is 13.9. The van der Waals surface area contributed by atoms with Gasteiger partial charge in [0.05, 0.1) is 25.6 Å². The maximum atomic E-state index is 12.2. The predicted octanol–water partition coefficient (Wildman–Crippen LogP) is 1.84. The number of phenolic OH excluding ortho intramolecular Hbond substituents is 1. The van der Waals surface area contributed by atoms with Gasteiger partial charge in [-0.3, -0.25) is 4.79 Å². The van der Waals surface area contributed by atoms with Crippen molar-refractivity contribution in [3.05, 3.63) is 23.8 Å². The highest BCUT2D eigenvalue weighted by Gasteiger charge is 2.29. The monoisotopic (exact) mass is 397 g/mol. The molecule has 0 atom stereocenters. The third kappa shape index (κ3) is 6.21. The van der Waals surface area contributed by atoms with Crippen LogP contribution in [0.4, 0.5) is 0 Å². The average molecular weight is 397 g/mol. The molecule has 9 heteroatoms. The quantitative estimate of drug-likeness (QED) is 0.514. The molecule has 0 aromatic heterocycles. The fourth-order valence-corrected chi connectivity index (χ4v) is 4.26. The summed E-state index contributed by atoms with van der Waals surface area (Å²) < 4.78 is 30.7. The highest BCUT2D eigenvalue weighted by molar-refractivity contribution is 7.88. The topological polar surface area (TPSA) is 108 Å². The van der Waals surface area contributed by atoms with E-state index in [0.29, 0.717) is 17.9 Å². The molecule has 150 valence electrons. The van der Waals surface area contributed by atoms with Crippen LogP contribution in [-0.4, -0.2) is 55.4 Å². The van der Waals surface area contributed by atoms with E-state index in [1.807, 2.05) is 0 Å². The van der Waals surface area contributed by atoms with Crippen molar-refractivity contribution in [2.45, 2.75) is 45.1 Å². The molecule has 0 unspecified atom stereocenters. The van der Waals surface area contributed by atoms with Crippen LogP contribution >= 0.6 is 0 Å². The van der Waals surface area contributed by atoms with E-state index in [1.54, 1.807) is 25.1 Å². The van der Waals surface area contributed by atoms with E-state index in [0.717, 1.165) is 38.4 Å². The lowest BCUT2D eigenvalue weighted by Crippen LogP contribution is -2.45. The molecular weight excluding hydrogens is 370 g/mol. The lowest BCUT2D eigenvalue weighted by molar-refractivity contribution is -0.121. The Morgan fingerprint density at radius 2 is 2.07 bits per heavy atom. The van der Waals surface area contributed by atoms with Gasteiger partial charge in [0.1, 0.15) is 0 Å². The highest BCUT2D eigenvalue weighted by Crippen LogP contribution is 2.28. The van der Waals surface area contributed by atoms with Gasteiger partial charge in [-0.25, -0.2) is 13.8 Å². The molecule has 0 spiro atoms. The zero-order valence-electron chi connectivity index (χ0n) is 15.7. The van der Waals surface area contributed by atoms with Crippen molar-refractivity contribution in [3.8, 4) is 11.5 Å². The first kappa shape index (κ1) is 21.2. The number of phenols is 1. The zero-order chi connectivity index (χ0) is 19.9. The molecule has 1 aromatic rings. The van der Waals surface area contributed by atoms with Crippen LogP contribution < -0.4 is 10.2 Å². The molecule has 0 radical (unpaired) electrons. The summed E-state index contributed by atoms with van der Waals surface area (Å²) in [6.07, 6.45) is 6.96. The number of amides is 1. The Morgan fingerprint density at radius 3 is 2.70 bits per heavy atom. The first-order valence-electron chi connectivity index (χ1n) is 9.06. The van der Waals surface area contributed by atoms with Gasteiger partial charge in [0.2, 0.25) is 10.0 Å². The van der Waals surface area contributed by atoms with Crippen molar-refractivity contribution in [2.75, 3.05) is 19.4 Å². The number of para-hydroxylation sites is 1. The molecule has 1 fully saturated rings. The molecule has 0 bridgehead atoms. The lowest BCUT2D eigenvalue weighted by atomic mass is 9.95. The van der Waals surface area contributed by atoms with Crippen molar-refractivity contribution < 1.29 is 23.1 Å². The normalized spacial score (nSPS) is 16.0. The summed E-state index contributed by atoms with van der Waals surface area (Å²) in [6.45, 7) is 1.94. The summed E-state index contributed by atoms with van der Waals surface area (Å²) in [6, 6.07) is 4.80. The fourth-order valence-electron chi connectivity index (χ4n) is 3.15. The Bertz CT molecular complexity index is 773. The van der Waals surface area contributed by atoms with Gasteiger partial charge in [0.25, 0.3) is 5.91 Å². The summed E-state index contributed by atoms with van der Waals surface area (Å²) in [4.78, 5) is 12.2. The number of carbonyl (C=O) groups is 1. The fraction of sp³-hybridized carbons (Fsp3) is 0.556. The molecule has 1 aliphatic carbocycles. The SMILES string of the molecule is CCOc1cccc(/C=N/NC(=O)CN(C2CCCCC2)S(C)(=O)=O)c1O. The minimum absolute atomic E-state index is 0.0719. The molecule has 0 heterocycles. The van der Waals surface area contributed by atoms with Gasteiger partial charge in [0, 0.05) is 11.6 Å². The van der Waals surface area contributed by atoms with Crippen LogP contribution in [0, 0.1) is 0 Å². The van der Waals surface area contributed by atoms with Crippen LogP contribution in [0.3, 0.4) is 0 Å². The van der Waals surface area contributed by atoms with Crippen LogP contribution in [0.15, 0.2) is 23.3 Å². The second kappa shape index (κ2) is 9.70. The summed E-state index contributed by atoms with van der Waals surface area (Å²) in [5.74, 6) is -0.270. The summed E-state index contributed by atoms with van der Waals surface area (Å²) in [7, 11) is -3.49. The molecule has 1 saturated carbocycles. The first-order valence-corrected chi connectivity index (χ1v) is 10.9. The van der Waals surface area contributed by atoms with Gasteiger partial charge in [-0.2, -0.15) is 9.41 Å². The van der Waals surface area contributed by atoms with E-state index in [4.69, 9.17) is 4.74 Å². The van der Waals surface area contributed by atoms with Gasteiger partial charge in [-0.05, 0) is 31.9 Å². The Labute approximate surface area is 160 Å². The van der Waals surface area contributed by atoms with Crippen LogP contribution in [-0.2, 0) is 14.8 Å². The second-order valence-corrected chi connectivity index (χ2v) is 8.46. The van der Waals surface area contributed by atoms with E-state index in [2.05, 4.69) is 10.5 Å². The highest BCUT2D eigenvalue weighted by atomic mass is 32.2. The van der Waals surface area contributed by atoms with Crippen molar-refractivity contribution >= 4 is 22.1 Å². The van der Waals surface area contributed by atoms with Gasteiger partial charge < -0.3 is 9.84 Å². The molecule has 1 aromatic carbocycles. The smallest absolute Gasteiger partial charge is 0.255 e. The number of aromatic hydroxyl groups is 1. The standard InChI is InChI=1S/C18H27N3O5S/c1-3-26-16-11-7-8-14(18(16)23)12-19-20-17(22)13-21(27(2,24)25)15-9-5-4-6-10-15/h7-8,11-12,15,23H,3-6,9-10,13H2,1-2H3,(H,20,22)/b19-12+. The number of benzene rings is 1. The molecule has 1 aliphatic rings. The molecule has 0 saturated heterocycles. The van der Waals surface area contributed by atoms with Crippen molar-refractivity contribution in [3.63, 3.8) is 0 Å². The van der Waals surface area contributed by atoms with Crippen LogP contribution in [0.25, 0.3) is 0 Å². The number of hydrogen-bond acceptors (Lipinski definition) is 6. The van der Waals surface area contributed by atoms with Crippen LogP contribution in [0.5, 0.6) is 11.5 Å². The zero-order valence-corrected chi connectivity index (χ0v) is 16.5. The maximum absolute atomic E-state index is 12.2. The molecule has 8 nitrogen and oxygen atoms in total. The Hall–Kier alpha value is -2.13. The van der Waals surface area contributed by atoms with Crippen LogP contribution in [0.1, 0.15) is 44.6 Å². The molecule has 0 aliphatic heterocycles. The van der Waals surface area contributed by atoms with Gasteiger partial charge >= 0.3 is 0 Å². The summed E-state index contributed by atoms with van der Waals surface area (Å²) >= 11 is 0.